The highest BCUT2D eigenvalue weighted by molar-refractivity contribution is 7.11. The zero-order chi connectivity index (χ0) is 18.1. The summed E-state index contributed by atoms with van der Waals surface area (Å²) in [6.07, 6.45) is 2.58. The monoisotopic (exact) mass is 364 g/mol. The molecule has 2 rings (SSSR count). The number of aliphatic imine (C=N–C) groups is 1. The van der Waals surface area contributed by atoms with Gasteiger partial charge in [-0.3, -0.25) is 9.79 Å². The number of hydrogen-bond donors (Lipinski definition) is 3. The van der Waals surface area contributed by atoms with Gasteiger partial charge in [0.25, 0.3) is 5.91 Å². The van der Waals surface area contributed by atoms with E-state index in [1.54, 1.807) is 18.9 Å². The minimum Gasteiger partial charge on any atom is -0.355 e. The fraction of sp³-hybridized carbons (Fsp3) is 0.533. The Kier molecular flexibility index (Phi) is 7.33. The van der Waals surface area contributed by atoms with E-state index in [9.17, 15) is 4.79 Å². The molecular weight excluding hydrogens is 340 g/mol. The molecule has 0 saturated heterocycles. The van der Waals surface area contributed by atoms with Crippen LogP contribution in [0.25, 0.3) is 0 Å². The van der Waals surface area contributed by atoms with Gasteiger partial charge in [-0.15, -0.1) is 21.5 Å². The maximum atomic E-state index is 12.0. The predicted octanol–water partition coefficient (Wildman–Crippen LogP) is 0.200. The van der Waals surface area contributed by atoms with Crippen LogP contribution in [0.3, 0.4) is 0 Å². The number of carbonyl (C=O) groups excluding carboxylic acids is 1. The van der Waals surface area contributed by atoms with E-state index >= 15 is 0 Å². The molecule has 0 unspecified atom stereocenters. The fourth-order valence-electron chi connectivity index (χ4n) is 2.21. The molecule has 3 N–H and O–H groups in total. The summed E-state index contributed by atoms with van der Waals surface area (Å²) in [5.41, 5.74) is 2.43. The average molecular weight is 364 g/mol. The summed E-state index contributed by atoms with van der Waals surface area (Å²) in [6, 6.07) is 0. The second-order valence-electron chi connectivity index (χ2n) is 5.24. The van der Waals surface area contributed by atoms with Crippen LogP contribution in [0.5, 0.6) is 0 Å². The molecular formula is C15H24N8OS. The third kappa shape index (κ3) is 5.52. The molecule has 2 aromatic rings. The van der Waals surface area contributed by atoms with Crippen LogP contribution < -0.4 is 16.0 Å². The van der Waals surface area contributed by atoms with E-state index in [0.29, 0.717) is 30.5 Å². The van der Waals surface area contributed by atoms with Gasteiger partial charge in [0.05, 0.1) is 11.2 Å². The number of amides is 1. The van der Waals surface area contributed by atoms with Gasteiger partial charge < -0.3 is 20.5 Å². The van der Waals surface area contributed by atoms with Crippen molar-refractivity contribution in [3.8, 4) is 0 Å². The number of thiazole rings is 1. The van der Waals surface area contributed by atoms with Crippen LogP contribution in [0.2, 0.25) is 0 Å². The minimum absolute atomic E-state index is 0.0931. The highest BCUT2D eigenvalue weighted by Crippen LogP contribution is 2.10. The van der Waals surface area contributed by atoms with Gasteiger partial charge in [-0.1, -0.05) is 6.92 Å². The van der Waals surface area contributed by atoms with Crippen molar-refractivity contribution in [3.05, 3.63) is 28.2 Å². The second-order valence-corrected chi connectivity index (χ2v) is 6.10. The third-order valence-corrected chi connectivity index (χ3v) is 4.46. The van der Waals surface area contributed by atoms with E-state index < -0.39 is 0 Å². The molecule has 0 radical (unpaired) electrons. The molecule has 9 nitrogen and oxygen atoms in total. The Morgan fingerprint density at radius 1 is 1.28 bits per heavy atom. The number of nitrogens with zero attached hydrogens (tertiary/aromatic N) is 5. The number of nitrogens with one attached hydrogen (secondary N) is 3. The van der Waals surface area contributed by atoms with Crippen LogP contribution in [-0.2, 0) is 13.0 Å². The highest BCUT2D eigenvalue weighted by atomic mass is 32.1. The topological polar surface area (TPSA) is 109 Å². The van der Waals surface area contributed by atoms with Crippen LogP contribution in [0.4, 0.5) is 0 Å². The van der Waals surface area contributed by atoms with Gasteiger partial charge in [0.15, 0.2) is 5.96 Å². The molecule has 0 spiro atoms. The molecule has 0 aliphatic carbocycles. The molecule has 2 aromatic heterocycles. The predicted molar refractivity (Wildman–Crippen MR) is 97.9 cm³/mol. The van der Waals surface area contributed by atoms with Gasteiger partial charge in [0, 0.05) is 39.6 Å². The molecule has 0 aromatic carbocycles. The van der Waals surface area contributed by atoms with Crippen molar-refractivity contribution in [3.63, 3.8) is 0 Å². The fourth-order valence-corrected chi connectivity index (χ4v) is 2.93. The van der Waals surface area contributed by atoms with Gasteiger partial charge >= 0.3 is 0 Å². The molecule has 1 amide bonds. The van der Waals surface area contributed by atoms with Crippen LogP contribution in [0, 0.1) is 6.92 Å². The first-order valence-electron chi connectivity index (χ1n) is 8.15. The van der Waals surface area contributed by atoms with Crippen molar-refractivity contribution in [1.82, 2.24) is 35.7 Å². The molecule has 10 heteroatoms. The Morgan fingerprint density at radius 3 is 2.72 bits per heavy atom. The standard InChI is InChI=1S/C15H24N8OS/c1-4-12-22-21-9-23(12)8-7-19-15(16-3)18-6-5-17-14(24)13-11(2)20-10-25-13/h9-10H,4-8H2,1-3H3,(H,17,24)(H2,16,18,19). The summed E-state index contributed by atoms with van der Waals surface area (Å²) in [5.74, 6) is 1.56. The van der Waals surface area contributed by atoms with E-state index in [1.165, 1.54) is 11.3 Å². The van der Waals surface area contributed by atoms with Gasteiger partial charge in [0.1, 0.15) is 17.0 Å². The normalized spacial score (nSPS) is 11.4. The van der Waals surface area contributed by atoms with Gasteiger partial charge in [0.2, 0.25) is 0 Å². The lowest BCUT2D eigenvalue weighted by atomic mass is 10.4. The Bertz CT molecular complexity index is 708. The van der Waals surface area contributed by atoms with Crippen molar-refractivity contribution >= 4 is 23.2 Å². The third-order valence-electron chi connectivity index (χ3n) is 3.54. The zero-order valence-electron chi connectivity index (χ0n) is 14.7. The highest BCUT2D eigenvalue weighted by Gasteiger charge is 2.10. The Balaban J connectivity index is 1.65. The summed E-state index contributed by atoms with van der Waals surface area (Å²) in [4.78, 5) is 20.9. The lowest BCUT2D eigenvalue weighted by Crippen LogP contribution is -2.42. The first-order valence-corrected chi connectivity index (χ1v) is 9.03. The number of guanidine groups is 1. The number of hydrogen-bond acceptors (Lipinski definition) is 6. The molecule has 0 bridgehead atoms. The van der Waals surface area contributed by atoms with Crippen LogP contribution in [-0.4, -0.2) is 58.3 Å². The number of carbonyl (C=O) groups is 1. The minimum atomic E-state index is -0.0931. The number of aromatic nitrogens is 4. The van der Waals surface area contributed by atoms with Crippen LogP contribution in [0.1, 0.15) is 28.1 Å². The molecule has 0 atom stereocenters. The average Bonchev–Trinajstić information content (AvgIpc) is 3.25. The van der Waals surface area contributed by atoms with Gasteiger partial charge in [-0.2, -0.15) is 0 Å². The van der Waals surface area contributed by atoms with E-state index in [4.69, 9.17) is 0 Å². The summed E-state index contributed by atoms with van der Waals surface area (Å²) in [6.45, 7) is 6.43. The van der Waals surface area contributed by atoms with Crippen LogP contribution in [0.15, 0.2) is 16.8 Å². The summed E-state index contributed by atoms with van der Waals surface area (Å²) < 4.78 is 2.01. The maximum Gasteiger partial charge on any atom is 0.263 e. The van der Waals surface area contributed by atoms with E-state index in [1.807, 2.05) is 11.5 Å². The number of rotatable bonds is 8. The lowest BCUT2D eigenvalue weighted by molar-refractivity contribution is 0.0957. The second kappa shape index (κ2) is 9.72. The van der Waals surface area contributed by atoms with Crippen molar-refractivity contribution in [2.45, 2.75) is 26.8 Å². The first kappa shape index (κ1) is 18.8. The van der Waals surface area contributed by atoms with E-state index in [0.717, 1.165) is 24.5 Å². The summed E-state index contributed by atoms with van der Waals surface area (Å²) >= 11 is 1.35. The quantitative estimate of drug-likeness (QED) is 0.351. The molecule has 2 heterocycles. The largest absolute Gasteiger partial charge is 0.355 e. The van der Waals surface area contributed by atoms with Crippen molar-refractivity contribution in [1.29, 1.82) is 0 Å². The molecule has 0 fully saturated rings. The summed E-state index contributed by atoms with van der Waals surface area (Å²) in [5, 5.41) is 17.2. The summed E-state index contributed by atoms with van der Waals surface area (Å²) in [7, 11) is 1.71. The smallest absolute Gasteiger partial charge is 0.263 e. The zero-order valence-corrected chi connectivity index (χ0v) is 15.6. The SMILES string of the molecule is CCc1nncn1CCNC(=NC)NCCNC(=O)c1scnc1C. The van der Waals surface area contributed by atoms with Crippen LogP contribution >= 0.6 is 11.3 Å². The van der Waals surface area contributed by atoms with Crippen molar-refractivity contribution in [2.75, 3.05) is 26.7 Å². The van der Waals surface area contributed by atoms with Gasteiger partial charge in [-0.25, -0.2) is 4.98 Å². The maximum absolute atomic E-state index is 12.0. The van der Waals surface area contributed by atoms with Gasteiger partial charge in [-0.05, 0) is 6.92 Å². The molecule has 25 heavy (non-hydrogen) atoms. The molecule has 0 aliphatic heterocycles. The molecule has 0 saturated carbocycles. The van der Waals surface area contributed by atoms with E-state index in [2.05, 4.69) is 43.0 Å². The lowest BCUT2D eigenvalue weighted by Gasteiger charge is -2.13. The molecule has 136 valence electrons. The first-order chi connectivity index (χ1) is 12.2. The Labute approximate surface area is 151 Å². The van der Waals surface area contributed by atoms with Crippen molar-refractivity contribution in [2.24, 2.45) is 4.99 Å². The van der Waals surface area contributed by atoms with E-state index in [-0.39, 0.29) is 5.91 Å². The van der Waals surface area contributed by atoms with Crippen molar-refractivity contribution < 1.29 is 4.79 Å². The molecule has 0 aliphatic rings. The Morgan fingerprint density at radius 2 is 2.04 bits per heavy atom. The number of aryl methyl sites for hydroxylation is 2. The Hall–Kier alpha value is -2.49.